The predicted octanol–water partition coefficient (Wildman–Crippen LogP) is 1.16. The molecule has 104 valence electrons. The molecule has 19 heavy (non-hydrogen) atoms. The van der Waals surface area contributed by atoms with Gasteiger partial charge < -0.3 is 14.8 Å². The highest BCUT2D eigenvalue weighted by atomic mass is 32.1. The van der Waals surface area contributed by atoms with Gasteiger partial charge in [-0.25, -0.2) is 4.79 Å². The highest BCUT2D eigenvalue weighted by molar-refractivity contribution is 7.14. The van der Waals surface area contributed by atoms with E-state index < -0.39 is 5.97 Å². The number of rotatable bonds is 6. The van der Waals surface area contributed by atoms with E-state index in [9.17, 15) is 9.59 Å². The number of hydrogen-bond acceptors (Lipinski definition) is 5. The summed E-state index contributed by atoms with van der Waals surface area (Å²) in [4.78, 5) is 25.0. The number of nitrogens with one attached hydrogen (secondary N) is 1. The molecule has 0 saturated heterocycles. The first-order valence-corrected chi connectivity index (χ1v) is 7.06. The smallest absolute Gasteiger partial charge is 0.348 e. The van der Waals surface area contributed by atoms with E-state index in [1.807, 2.05) is 6.07 Å². The van der Waals surface area contributed by atoms with Crippen molar-refractivity contribution in [2.24, 2.45) is 0 Å². The molecular formula is C13H17NO4S. The summed E-state index contributed by atoms with van der Waals surface area (Å²) in [6, 6.07) is 1.89. The number of carbonyl (C=O) groups excluding carboxylic acids is 2. The molecule has 0 saturated carbocycles. The monoisotopic (exact) mass is 283 g/mol. The van der Waals surface area contributed by atoms with Crippen molar-refractivity contribution in [1.29, 1.82) is 0 Å². The van der Waals surface area contributed by atoms with Gasteiger partial charge in [-0.15, -0.1) is 11.3 Å². The van der Waals surface area contributed by atoms with Gasteiger partial charge in [-0.3, -0.25) is 4.79 Å². The quantitative estimate of drug-likeness (QED) is 0.628. The number of fused-ring (bicyclic) bond motifs is 1. The summed E-state index contributed by atoms with van der Waals surface area (Å²) in [7, 11) is 1.56. The molecular weight excluding hydrogens is 266 g/mol. The van der Waals surface area contributed by atoms with E-state index >= 15 is 0 Å². The van der Waals surface area contributed by atoms with E-state index in [1.54, 1.807) is 7.11 Å². The van der Waals surface area contributed by atoms with Gasteiger partial charge in [-0.1, -0.05) is 0 Å². The minimum Gasteiger partial charge on any atom is -0.451 e. The molecule has 0 atom stereocenters. The maximum absolute atomic E-state index is 11.8. The van der Waals surface area contributed by atoms with E-state index in [0.717, 1.165) is 12.8 Å². The molecule has 0 aromatic carbocycles. The molecule has 2 rings (SSSR count). The van der Waals surface area contributed by atoms with Crippen LogP contribution in [-0.4, -0.2) is 38.7 Å². The molecule has 1 aliphatic carbocycles. The maximum Gasteiger partial charge on any atom is 0.348 e. The third-order valence-corrected chi connectivity index (χ3v) is 4.13. The average Bonchev–Trinajstić information content (AvgIpc) is 2.97. The normalized spacial score (nSPS) is 13.1. The Kier molecular flexibility index (Phi) is 4.93. The first-order chi connectivity index (χ1) is 9.20. The van der Waals surface area contributed by atoms with E-state index in [1.165, 1.54) is 28.2 Å². The summed E-state index contributed by atoms with van der Waals surface area (Å²) in [5, 5.41) is 2.59. The Balaban J connectivity index is 1.76. The van der Waals surface area contributed by atoms with Crippen molar-refractivity contribution in [2.75, 3.05) is 26.9 Å². The molecule has 0 spiro atoms. The van der Waals surface area contributed by atoms with Crippen LogP contribution in [0.25, 0.3) is 0 Å². The van der Waals surface area contributed by atoms with Crippen molar-refractivity contribution in [3.63, 3.8) is 0 Å². The highest BCUT2D eigenvalue weighted by Crippen LogP contribution is 2.30. The fourth-order valence-corrected chi connectivity index (χ4v) is 3.12. The standard InChI is InChI=1S/C13H17NO4S/c1-17-6-5-14-12(15)8-18-13(16)11-7-9-3-2-4-10(9)19-11/h7H,2-6,8H2,1H3,(H,14,15). The second-order valence-electron chi connectivity index (χ2n) is 4.33. The summed E-state index contributed by atoms with van der Waals surface area (Å²) >= 11 is 1.48. The first kappa shape index (κ1) is 14.0. The number of thiophene rings is 1. The average molecular weight is 283 g/mol. The third-order valence-electron chi connectivity index (χ3n) is 2.91. The molecule has 0 bridgehead atoms. The lowest BCUT2D eigenvalue weighted by atomic mass is 10.2. The van der Waals surface area contributed by atoms with Gasteiger partial charge in [-0.05, 0) is 30.9 Å². The van der Waals surface area contributed by atoms with E-state index in [-0.39, 0.29) is 12.5 Å². The Morgan fingerprint density at radius 2 is 2.26 bits per heavy atom. The third kappa shape index (κ3) is 3.78. The van der Waals surface area contributed by atoms with E-state index in [4.69, 9.17) is 9.47 Å². The molecule has 1 amide bonds. The highest BCUT2D eigenvalue weighted by Gasteiger charge is 2.19. The van der Waals surface area contributed by atoms with Gasteiger partial charge in [0.1, 0.15) is 4.88 Å². The number of carbonyl (C=O) groups is 2. The minimum absolute atomic E-state index is 0.245. The number of amides is 1. The van der Waals surface area contributed by atoms with Crippen LogP contribution in [0.5, 0.6) is 0 Å². The van der Waals surface area contributed by atoms with Crippen molar-refractivity contribution >= 4 is 23.2 Å². The Labute approximate surface area is 115 Å². The van der Waals surface area contributed by atoms with Crippen LogP contribution in [0.1, 0.15) is 26.5 Å². The number of hydrogen-bond donors (Lipinski definition) is 1. The molecule has 0 fully saturated rings. The van der Waals surface area contributed by atoms with Crippen LogP contribution in [0.15, 0.2) is 6.07 Å². The van der Waals surface area contributed by atoms with Crippen LogP contribution in [-0.2, 0) is 27.1 Å². The van der Waals surface area contributed by atoms with Crippen LogP contribution >= 0.6 is 11.3 Å². The predicted molar refractivity (Wildman–Crippen MR) is 71.5 cm³/mol. The maximum atomic E-state index is 11.8. The Morgan fingerprint density at radius 1 is 1.42 bits per heavy atom. The van der Waals surface area contributed by atoms with Crippen molar-refractivity contribution < 1.29 is 19.1 Å². The molecule has 6 heteroatoms. The largest absolute Gasteiger partial charge is 0.451 e. The summed E-state index contributed by atoms with van der Waals surface area (Å²) in [5.41, 5.74) is 1.25. The fraction of sp³-hybridized carbons (Fsp3) is 0.538. The van der Waals surface area contributed by atoms with Gasteiger partial charge in [0.15, 0.2) is 6.61 Å². The van der Waals surface area contributed by atoms with Gasteiger partial charge in [-0.2, -0.15) is 0 Å². The molecule has 0 aliphatic heterocycles. The van der Waals surface area contributed by atoms with E-state index in [2.05, 4.69) is 5.32 Å². The summed E-state index contributed by atoms with van der Waals surface area (Å²) in [6.45, 7) is 0.614. The van der Waals surface area contributed by atoms with Gasteiger partial charge in [0.2, 0.25) is 0 Å². The van der Waals surface area contributed by atoms with E-state index in [0.29, 0.717) is 18.0 Å². The fourth-order valence-electron chi connectivity index (χ4n) is 1.98. The number of methoxy groups -OCH3 is 1. The minimum atomic E-state index is -0.415. The molecule has 1 aliphatic rings. The number of aryl methyl sites for hydroxylation is 2. The number of ether oxygens (including phenoxy) is 2. The van der Waals surface area contributed by atoms with Crippen molar-refractivity contribution in [3.05, 3.63) is 21.4 Å². The second kappa shape index (κ2) is 6.68. The second-order valence-corrected chi connectivity index (χ2v) is 5.47. The van der Waals surface area contributed by atoms with Crippen LogP contribution in [0.2, 0.25) is 0 Å². The van der Waals surface area contributed by atoms with Crippen molar-refractivity contribution in [3.8, 4) is 0 Å². The van der Waals surface area contributed by atoms with Gasteiger partial charge in [0.25, 0.3) is 5.91 Å². The molecule has 1 aromatic heterocycles. The van der Waals surface area contributed by atoms with Crippen LogP contribution < -0.4 is 5.32 Å². The Hall–Kier alpha value is -1.40. The van der Waals surface area contributed by atoms with Gasteiger partial charge in [0, 0.05) is 18.5 Å². The molecule has 5 nitrogen and oxygen atoms in total. The lowest BCUT2D eigenvalue weighted by molar-refractivity contribution is -0.124. The Bertz CT molecular complexity index is 448. The molecule has 1 N–H and O–H groups in total. The zero-order valence-electron chi connectivity index (χ0n) is 10.9. The topological polar surface area (TPSA) is 64.6 Å². The Morgan fingerprint density at radius 3 is 3.00 bits per heavy atom. The van der Waals surface area contributed by atoms with Crippen LogP contribution in [0.3, 0.4) is 0 Å². The zero-order chi connectivity index (χ0) is 13.7. The molecule has 1 aromatic rings. The van der Waals surface area contributed by atoms with Crippen molar-refractivity contribution in [1.82, 2.24) is 5.32 Å². The SMILES string of the molecule is COCCNC(=O)COC(=O)c1cc2c(s1)CCC2. The first-order valence-electron chi connectivity index (χ1n) is 6.25. The lowest BCUT2D eigenvalue weighted by Crippen LogP contribution is -2.31. The summed E-state index contributed by atoms with van der Waals surface area (Å²) in [6.07, 6.45) is 3.25. The van der Waals surface area contributed by atoms with Crippen molar-refractivity contribution in [2.45, 2.75) is 19.3 Å². The molecule has 1 heterocycles. The lowest BCUT2D eigenvalue weighted by Gasteiger charge is -2.05. The number of esters is 1. The zero-order valence-corrected chi connectivity index (χ0v) is 11.7. The molecule has 0 radical (unpaired) electrons. The van der Waals surface area contributed by atoms with Crippen LogP contribution in [0.4, 0.5) is 0 Å². The summed E-state index contributed by atoms with van der Waals surface area (Å²) in [5.74, 6) is -0.726. The van der Waals surface area contributed by atoms with Crippen LogP contribution in [0, 0.1) is 0 Å². The van der Waals surface area contributed by atoms with Gasteiger partial charge >= 0.3 is 5.97 Å². The van der Waals surface area contributed by atoms with Gasteiger partial charge in [0.05, 0.1) is 6.61 Å². The molecule has 0 unspecified atom stereocenters. The summed E-state index contributed by atoms with van der Waals surface area (Å²) < 4.78 is 9.78.